The van der Waals surface area contributed by atoms with E-state index in [1.807, 2.05) is 72.5 Å². The highest BCUT2D eigenvalue weighted by Crippen LogP contribution is 2.34. The number of pyridine rings is 1. The van der Waals surface area contributed by atoms with Crippen molar-refractivity contribution < 1.29 is 14.3 Å². The summed E-state index contributed by atoms with van der Waals surface area (Å²) in [6, 6.07) is 19.4. The standard InChI is InChI=1S/C28H35N3O3/c1-6-30(16-17-31(21(2)3)22(4)5)28(34-20-32,25-13-8-7-9-14-25)27(33)24-18-23-12-10-11-15-26(23)29-19-24/h7-15,18-22H,6,16-17H2,1-5H3. The lowest BCUT2D eigenvalue weighted by atomic mass is 9.91. The van der Waals surface area contributed by atoms with Crippen LogP contribution in [-0.4, -0.2) is 58.8 Å². The van der Waals surface area contributed by atoms with Crippen molar-refractivity contribution >= 4 is 23.2 Å². The molecule has 3 aromatic rings. The minimum absolute atomic E-state index is 0.313. The molecule has 6 nitrogen and oxygen atoms in total. The predicted molar refractivity (Wildman–Crippen MR) is 136 cm³/mol. The minimum atomic E-state index is -1.60. The van der Waals surface area contributed by atoms with Crippen LogP contribution in [0.4, 0.5) is 0 Å². The Morgan fingerprint density at radius 2 is 1.65 bits per heavy atom. The third-order valence-electron chi connectivity index (χ3n) is 6.33. The van der Waals surface area contributed by atoms with E-state index in [0.29, 0.717) is 42.8 Å². The van der Waals surface area contributed by atoms with E-state index < -0.39 is 5.72 Å². The molecule has 1 atom stereocenters. The zero-order valence-electron chi connectivity index (χ0n) is 20.8. The van der Waals surface area contributed by atoms with Crippen molar-refractivity contribution in [2.75, 3.05) is 19.6 Å². The number of Topliss-reactive ketones (excluding diaryl/α,β-unsaturated/α-hetero) is 1. The van der Waals surface area contributed by atoms with Crippen molar-refractivity contribution in [3.05, 3.63) is 78.0 Å². The molecule has 0 aliphatic heterocycles. The van der Waals surface area contributed by atoms with E-state index in [9.17, 15) is 9.59 Å². The smallest absolute Gasteiger partial charge is 0.295 e. The minimum Gasteiger partial charge on any atom is -0.433 e. The zero-order valence-corrected chi connectivity index (χ0v) is 20.8. The molecule has 0 fully saturated rings. The molecule has 0 saturated heterocycles. The van der Waals surface area contributed by atoms with Gasteiger partial charge in [-0.2, -0.15) is 0 Å². The molecule has 180 valence electrons. The number of ketones is 1. The summed E-state index contributed by atoms with van der Waals surface area (Å²) >= 11 is 0. The summed E-state index contributed by atoms with van der Waals surface area (Å²) in [7, 11) is 0. The number of nitrogens with zero attached hydrogens (tertiary/aromatic N) is 3. The van der Waals surface area contributed by atoms with E-state index >= 15 is 0 Å². The van der Waals surface area contributed by atoms with Crippen LogP contribution in [0.2, 0.25) is 0 Å². The van der Waals surface area contributed by atoms with Crippen molar-refractivity contribution in [2.24, 2.45) is 0 Å². The van der Waals surface area contributed by atoms with E-state index in [2.05, 4.69) is 37.6 Å². The topological polar surface area (TPSA) is 62.7 Å². The Balaban J connectivity index is 2.12. The van der Waals surface area contributed by atoms with Gasteiger partial charge in [-0.1, -0.05) is 55.5 Å². The Bertz CT molecular complexity index is 1090. The second kappa shape index (κ2) is 11.4. The molecular formula is C28H35N3O3. The van der Waals surface area contributed by atoms with Crippen molar-refractivity contribution in [3.8, 4) is 0 Å². The zero-order chi connectivity index (χ0) is 24.7. The van der Waals surface area contributed by atoms with Crippen molar-refractivity contribution in [1.82, 2.24) is 14.8 Å². The van der Waals surface area contributed by atoms with Gasteiger partial charge in [-0.3, -0.25) is 24.4 Å². The number of hydrogen-bond donors (Lipinski definition) is 0. The maximum atomic E-state index is 14.2. The predicted octanol–water partition coefficient (Wildman–Crippen LogP) is 4.88. The summed E-state index contributed by atoms with van der Waals surface area (Å²) in [5.41, 5.74) is 0.217. The van der Waals surface area contributed by atoms with Crippen LogP contribution in [-0.2, 0) is 15.3 Å². The number of carbonyl (C=O) groups excluding carboxylic acids is 2. The number of aromatic nitrogens is 1. The highest BCUT2D eigenvalue weighted by molar-refractivity contribution is 6.05. The Labute approximate surface area is 202 Å². The number of fused-ring (bicyclic) bond motifs is 1. The summed E-state index contributed by atoms with van der Waals surface area (Å²) in [6.07, 6.45) is 1.57. The summed E-state index contributed by atoms with van der Waals surface area (Å²) < 4.78 is 5.80. The molecule has 0 amide bonds. The van der Waals surface area contributed by atoms with Crippen LogP contribution in [0.15, 0.2) is 66.9 Å². The molecule has 1 heterocycles. The monoisotopic (exact) mass is 461 g/mol. The second-order valence-corrected chi connectivity index (χ2v) is 8.97. The van der Waals surface area contributed by atoms with Crippen LogP contribution in [0.3, 0.4) is 0 Å². The molecule has 0 aliphatic rings. The molecule has 0 N–H and O–H groups in total. The van der Waals surface area contributed by atoms with E-state index in [0.717, 1.165) is 17.4 Å². The van der Waals surface area contributed by atoms with Gasteiger partial charge in [0.2, 0.25) is 5.78 Å². The van der Waals surface area contributed by atoms with Gasteiger partial charge in [-0.25, -0.2) is 0 Å². The number of hydrogen-bond acceptors (Lipinski definition) is 6. The highest BCUT2D eigenvalue weighted by atomic mass is 16.6. The molecule has 0 bridgehead atoms. The number of para-hydroxylation sites is 1. The number of likely N-dealkylation sites (N-methyl/N-ethyl adjacent to an activating group) is 1. The Hall–Kier alpha value is -3.09. The van der Waals surface area contributed by atoms with Gasteiger partial charge in [-0.15, -0.1) is 0 Å². The summed E-state index contributed by atoms with van der Waals surface area (Å²) in [5, 5.41) is 0.857. The van der Waals surface area contributed by atoms with Crippen molar-refractivity contribution in [1.29, 1.82) is 0 Å². The fourth-order valence-corrected chi connectivity index (χ4v) is 4.67. The average molecular weight is 462 g/mol. The molecule has 0 saturated carbocycles. The molecule has 0 radical (unpaired) electrons. The molecule has 2 aromatic carbocycles. The lowest BCUT2D eigenvalue weighted by molar-refractivity contribution is -0.161. The van der Waals surface area contributed by atoms with Crippen LogP contribution in [0.5, 0.6) is 0 Å². The molecule has 3 rings (SSSR count). The van der Waals surface area contributed by atoms with Crippen LogP contribution < -0.4 is 0 Å². The van der Waals surface area contributed by atoms with E-state index in [1.165, 1.54) is 0 Å². The Kier molecular flexibility index (Phi) is 8.53. The molecular weight excluding hydrogens is 426 g/mol. The van der Waals surface area contributed by atoms with Crippen molar-refractivity contribution in [3.63, 3.8) is 0 Å². The normalized spacial score (nSPS) is 13.6. The van der Waals surface area contributed by atoms with Crippen molar-refractivity contribution in [2.45, 2.75) is 52.4 Å². The second-order valence-electron chi connectivity index (χ2n) is 8.97. The number of carbonyl (C=O) groups is 2. The first-order valence-corrected chi connectivity index (χ1v) is 11.9. The lowest BCUT2D eigenvalue weighted by Gasteiger charge is -2.42. The highest BCUT2D eigenvalue weighted by Gasteiger charge is 2.48. The van der Waals surface area contributed by atoms with Crippen LogP contribution in [0.1, 0.15) is 50.5 Å². The number of ether oxygens (including phenoxy) is 1. The molecule has 1 unspecified atom stereocenters. The molecule has 0 spiro atoms. The number of rotatable bonds is 12. The fourth-order valence-electron chi connectivity index (χ4n) is 4.67. The van der Waals surface area contributed by atoms with Gasteiger partial charge in [0.05, 0.1) is 5.52 Å². The molecule has 0 aliphatic carbocycles. The van der Waals surface area contributed by atoms with Gasteiger partial charge >= 0.3 is 0 Å². The molecule has 1 aromatic heterocycles. The van der Waals surface area contributed by atoms with Crippen LogP contribution in [0.25, 0.3) is 10.9 Å². The summed E-state index contributed by atoms with van der Waals surface area (Å²) in [4.78, 5) is 34.9. The number of benzene rings is 2. The SMILES string of the molecule is CCN(CCN(C(C)C)C(C)C)C(OC=O)(C(=O)c1cnc2ccccc2c1)c1ccccc1. The Morgan fingerprint density at radius 1 is 1.00 bits per heavy atom. The van der Waals surface area contributed by atoms with Gasteiger partial charge < -0.3 is 4.74 Å². The summed E-state index contributed by atoms with van der Waals surface area (Å²) in [6.45, 7) is 12.8. The van der Waals surface area contributed by atoms with Crippen LogP contribution in [0, 0.1) is 0 Å². The van der Waals surface area contributed by atoms with E-state index in [4.69, 9.17) is 4.74 Å². The summed E-state index contributed by atoms with van der Waals surface area (Å²) in [5.74, 6) is -0.313. The molecule has 6 heteroatoms. The largest absolute Gasteiger partial charge is 0.433 e. The van der Waals surface area contributed by atoms with Crippen LogP contribution >= 0.6 is 0 Å². The fraction of sp³-hybridized carbons (Fsp3) is 0.393. The van der Waals surface area contributed by atoms with Gasteiger partial charge in [0.1, 0.15) is 0 Å². The lowest BCUT2D eigenvalue weighted by Crippen LogP contribution is -2.56. The Morgan fingerprint density at radius 3 is 2.26 bits per heavy atom. The maximum absolute atomic E-state index is 14.2. The third-order valence-corrected chi connectivity index (χ3v) is 6.33. The maximum Gasteiger partial charge on any atom is 0.295 e. The van der Waals surface area contributed by atoms with Gasteiger partial charge in [0.25, 0.3) is 12.2 Å². The van der Waals surface area contributed by atoms with Gasteiger partial charge in [0, 0.05) is 47.9 Å². The quantitative estimate of drug-likeness (QED) is 0.218. The first-order valence-electron chi connectivity index (χ1n) is 11.9. The average Bonchev–Trinajstić information content (AvgIpc) is 2.85. The first-order chi connectivity index (χ1) is 16.3. The first kappa shape index (κ1) is 25.5. The van der Waals surface area contributed by atoms with Gasteiger partial charge in [-0.05, 0) is 46.4 Å². The molecule has 34 heavy (non-hydrogen) atoms. The van der Waals surface area contributed by atoms with E-state index in [-0.39, 0.29) is 5.78 Å². The van der Waals surface area contributed by atoms with Gasteiger partial charge in [0.15, 0.2) is 0 Å². The third kappa shape index (κ3) is 5.18. The van der Waals surface area contributed by atoms with E-state index in [1.54, 1.807) is 6.20 Å².